The molecular formula is C10H20N2O3S. The molecule has 0 heterocycles. The average Bonchev–Trinajstić information content (AvgIpc) is 2.23. The summed E-state index contributed by atoms with van der Waals surface area (Å²) in [5.74, 6) is -0.588. The van der Waals surface area contributed by atoms with Crippen LogP contribution in [0.3, 0.4) is 0 Å². The van der Waals surface area contributed by atoms with Crippen molar-refractivity contribution in [2.75, 3.05) is 19.1 Å². The monoisotopic (exact) mass is 248 g/mol. The molecule has 0 saturated heterocycles. The number of amides is 1. The lowest BCUT2D eigenvalue weighted by molar-refractivity contribution is -0.142. The van der Waals surface area contributed by atoms with Crippen LogP contribution in [-0.2, 0) is 9.59 Å². The van der Waals surface area contributed by atoms with Crippen LogP contribution < -0.4 is 10.6 Å². The number of nitrogens with one attached hydrogen (secondary N) is 2. The maximum absolute atomic E-state index is 11.7. The maximum atomic E-state index is 11.7. The van der Waals surface area contributed by atoms with Gasteiger partial charge in [-0.15, -0.1) is 0 Å². The Hall–Kier alpha value is -0.750. The highest BCUT2D eigenvalue weighted by Crippen LogP contribution is 2.05. The lowest BCUT2D eigenvalue weighted by Gasteiger charge is -2.25. The molecule has 1 unspecified atom stereocenters. The SMILES string of the molecule is CNC(C)(C)C(=O)NC(CCSC)C(=O)O. The Kier molecular flexibility index (Phi) is 6.43. The molecule has 0 bridgehead atoms. The highest BCUT2D eigenvalue weighted by Gasteiger charge is 2.29. The van der Waals surface area contributed by atoms with Gasteiger partial charge >= 0.3 is 5.97 Å². The van der Waals surface area contributed by atoms with Crippen molar-refractivity contribution < 1.29 is 14.7 Å². The minimum atomic E-state index is -0.991. The predicted octanol–water partition coefficient (Wildman–Crippen LogP) is 0.307. The van der Waals surface area contributed by atoms with Crippen LogP contribution in [0, 0.1) is 0 Å². The van der Waals surface area contributed by atoms with Crippen LogP contribution in [-0.4, -0.2) is 47.6 Å². The fourth-order valence-electron chi connectivity index (χ4n) is 0.945. The van der Waals surface area contributed by atoms with Gasteiger partial charge in [-0.25, -0.2) is 4.79 Å². The average molecular weight is 248 g/mol. The molecule has 0 aliphatic rings. The number of carboxylic acid groups (broad SMARTS) is 1. The zero-order chi connectivity index (χ0) is 12.8. The topological polar surface area (TPSA) is 78.4 Å². The van der Waals surface area contributed by atoms with Crippen molar-refractivity contribution in [3.63, 3.8) is 0 Å². The summed E-state index contributed by atoms with van der Waals surface area (Å²) in [6.45, 7) is 3.41. The summed E-state index contributed by atoms with van der Waals surface area (Å²) >= 11 is 1.56. The Morgan fingerprint density at radius 3 is 2.38 bits per heavy atom. The molecule has 0 aliphatic carbocycles. The zero-order valence-corrected chi connectivity index (χ0v) is 11.0. The molecule has 5 nitrogen and oxygen atoms in total. The van der Waals surface area contributed by atoms with Gasteiger partial charge < -0.3 is 15.7 Å². The molecule has 0 aromatic heterocycles. The van der Waals surface area contributed by atoms with E-state index in [4.69, 9.17) is 5.11 Å². The molecule has 0 saturated carbocycles. The van der Waals surface area contributed by atoms with Gasteiger partial charge in [0, 0.05) is 0 Å². The first-order valence-electron chi connectivity index (χ1n) is 5.06. The molecule has 0 radical (unpaired) electrons. The number of aliphatic carboxylic acids is 1. The minimum absolute atomic E-state index is 0.302. The van der Waals surface area contributed by atoms with Gasteiger partial charge in [-0.1, -0.05) is 0 Å². The maximum Gasteiger partial charge on any atom is 0.326 e. The van der Waals surface area contributed by atoms with E-state index in [-0.39, 0.29) is 5.91 Å². The van der Waals surface area contributed by atoms with E-state index in [9.17, 15) is 9.59 Å². The van der Waals surface area contributed by atoms with E-state index in [0.29, 0.717) is 12.2 Å². The molecule has 0 aromatic rings. The summed E-state index contributed by atoms with van der Waals surface area (Å²) < 4.78 is 0. The number of likely N-dealkylation sites (N-methyl/N-ethyl adjacent to an activating group) is 1. The molecule has 16 heavy (non-hydrogen) atoms. The number of carboxylic acids is 1. The van der Waals surface area contributed by atoms with Crippen LogP contribution in [0.2, 0.25) is 0 Å². The fourth-order valence-corrected chi connectivity index (χ4v) is 1.42. The van der Waals surface area contributed by atoms with E-state index in [1.165, 1.54) is 0 Å². The lowest BCUT2D eigenvalue weighted by Crippen LogP contribution is -2.55. The smallest absolute Gasteiger partial charge is 0.326 e. The van der Waals surface area contributed by atoms with Gasteiger partial charge in [0.05, 0.1) is 5.54 Å². The molecule has 0 aliphatic heterocycles. The fraction of sp³-hybridized carbons (Fsp3) is 0.800. The molecule has 1 amide bonds. The Balaban J connectivity index is 4.40. The largest absolute Gasteiger partial charge is 0.480 e. The van der Waals surface area contributed by atoms with Crippen LogP contribution in [0.25, 0.3) is 0 Å². The van der Waals surface area contributed by atoms with E-state index in [2.05, 4.69) is 10.6 Å². The number of rotatable bonds is 7. The quantitative estimate of drug-likeness (QED) is 0.604. The van der Waals surface area contributed by atoms with E-state index in [0.717, 1.165) is 0 Å². The summed E-state index contributed by atoms with van der Waals surface area (Å²) in [4.78, 5) is 22.6. The third kappa shape index (κ3) is 4.85. The third-order valence-electron chi connectivity index (χ3n) is 2.41. The van der Waals surface area contributed by atoms with Crippen LogP contribution in [0.4, 0.5) is 0 Å². The highest BCUT2D eigenvalue weighted by atomic mass is 32.2. The van der Waals surface area contributed by atoms with Crippen LogP contribution in [0.5, 0.6) is 0 Å². The van der Waals surface area contributed by atoms with E-state index in [1.54, 1.807) is 32.7 Å². The van der Waals surface area contributed by atoms with Gasteiger partial charge in [0.15, 0.2) is 0 Å². The zero-order valence-electron chi connectivity index (χ0n) is 10.2. The van der Waals surface area contributed by atoms with E-state index < -0.39 is 17.6 Å². The van der Waals surface area contributed by atoms with Gasteiger partial charge in [-0.05, 0) is 39.3 Å². The molecule has 0 fully saturated rings. The summed E-state index contributed by atoms with van der Waals surface area (Å²) in [5.41, 5.74) is -0.757. The first kappa shape index (κ1) is 15.2. The first-order chi connectivity index (χ1) is 7.35. The van der Waals surface area contributed by atoms with Crippen molar-refractivity contribution in [3.8, 4) is 0 Å². The Morgan fingerprint density at radius 2 is 2.00 bits per heavy atom. The van der Waals surface area contributed by atoms with Crippen molar-refractivity contribution in [1.29, 1.82) is 0 Å². The second-order valence-electron chi connectivity index (χ2n) is 4.02. The Morgan fingerprint density at radius 1 is 1.44 bits per heavy atom. The lowest BCUT2D eigenvalue weighted by atomic mass is 10.0. The predicted molar refractivity (Wildman–Crippen MR) is 65.7 cm³/mol. The third-order valence-corrected chi connectivity index (χ3v) is 3.05. The number of carbonyl (C=O) groups is 2. The van der Waals surface area contributed by atoms with Crippen molar-refractivity contribution in [2.45, 2.75) is 31.8 Å². The summed E-state index contributed by atoms with van der Waals surface area (Å²) in [7, 11) is 1.66. The Labute approximate surface area is 100 Å². The van der Waals surface area contributed by atoms with Crippen molar-refractivity contribution in [2.24, 2.45) is 0 Å². The van der Waals surface area contributed by atoms with Gasteiger partial charge in [0.1, 0.15) is 6.04 Å². The van der Waals surface area contributed by atoms with Crippen molar-refractivity contribution in [1.82, 2.24) is 10.6 Å². The summed E-state index contributed by atoms with van der Waals surface area (Å²) in [6, 6.07) is -0.812. The minimum Gasteiger partial charge on any atom is -0.480 e. The van der Waals surface area contributed by atoms with Gasteiger partial charge in [-0.2, -0.15) is 11.8 Å². The van der Waals surface area contributed by atoms with Crippen molar-refractivity contribution in [3.05, 3.63) is 0 Å². The summed E-state index contributed by atoms with van der Waals surface area (Å²) in [6.07, 6.45) is 2.33. The standard InChI is InChI=1S/C10H20N2O3S/c1-10(2,11-3)9(15)12-7(8(13)14)5-6-16-4/h7,11H,5-6H2,1-4H3,(H,12,15)(H,13,14). The molecule has 0 aromatic carbocycles. The normalized spacial score (nSPS) is 13.2. The van der Waals surface area contributed by atoms with E-state index in [1.807, 2.05) is 6.26 Å². The van der Waals surface area contributed by atoms with Crippen LogP contribution >= 0.6 is 11.8 Å². The molecule has 0 spiro atoms. The van der Waals surface area contributed by atoms with Gasteiger partial charge in [-0.3, -0.25) is 4.79 Å². The molecule has 3 N–H and O–H groups in total. The molecule has 6 heteroatoms. The number of hydrogen-bond donors (Lipinski definition) is 3. The van der Waals surface area contributed by atoms with Gasteiger partial charge in [0.25, 0.3) is 0 Å². The van der Waals surface area contributed by atoms with Gasteiger partial charge in [0.2, 0.25) is 5.91 Å². The molecular weight excluding hydrogens is 228 g/mol. The van der Waals surface area contributed by atoms with Crippen LogP contribution in [0.1, 0.15) is 20.3 Å². The second-order valence-corrected chi connectivity index (χ2v) is 5.01. The number of carbonyl (C=O) groups excluding carboxylic acids is 1. The molecule has 0 rings (SSSR count). The van der Waals surface area contributed by atoms with E-state index >= 15 is 0 Å². The summed E-state index contributed by atoms with van der Waals surface area (Å²) in [5, 5.41) is 14.3. The number of thioether (sulfide) groups is 1. The van der Waals surface area contributed by atoms with Crippen molar-refractivity contribution >= 4 is 23.6 Å². The molecule has 94 valence electrons. The highest BCUT2D eigenvalue weighted by molar-refractivity contribution is 7.98. The van der Waals surface area contributed by atoms with Crippen LogP contribution in [0.15, 0.2) is 0 Å². The second kappa shape index (κ2) is 6.75. The first-order valence-corrected chi connectivity index (χ1v) is 6.46. The number of hydrogen-bond acceptors (Lipinski definition) is 4. The Bertz CT molecular complexity index is 256. The molecule has 1 atom stereocenters.